The van der Waals surface area contributed by atoms with E-state index in [1.807, 2.05) is 13.0 Å². The number of primary amides is 1. The van der Waals surface area contributed by atoms with Crippen LogP contribution in [-0.2, 0) is 12.8 Å². The normalized spacial score (nSPS) is 13.4. The number of nitrogens with two attached hydrogens (primary N) is 1. The van der Waals surface area contributed by atoms with Crippen molar-refractivity contribution < 1.29 is 9.53 Å². The molecule has 1 amide bonds. The van der Waals surface area contributed by atoms with Crippen LogP contribution in [0.2, 0.25) is 0 Å². The minimum Gasteiger partial charge on any atom is -0.476 e. The number of aromatic nitrogens is 1. The van der Waals surface area contributed by atoms with Gasteiger partial charge >= 0.3 is 0 Å². The summed E-state index contributed by atoms with van der Waals surface area (Å²) < 4.78 is 5.55. The van der Waals surface area contributed by atoms with Crippen LogP contribution < -0.4 is 15.8 Å². The molecule has 1 aliphatic rings. The first-order valence-corrected chi connectivity index (χ1v) is 6.38. The van der Waals surface area contributed by atoms with Crippen LogP contribution >= 0.6 is 0 Å². The van der Waals surface area contributed by atoms with Crippen LogP contribution in [0.15, 0.2) is 6.07 Å². The van der Waals surface area contributed by atoms with Gasteiger partial charge in [-0.05, 0) is 37.4 Å². The Bertz CT molecular complexity index is 446. The number of carbonyl (C=O) groups excluding carboxylic acids is 1. The van der Waals surface area contributed by atoms with Crippen LogP contribution in [-0.4, -0.2) is 30.6 Å². The van der Waals surface area contributed by atoms with Crippen LogP contribution in [0.25, 0.3) is 0 Å². The highest BCUT2D eigenvalue weighted by atomic mass is 16.5. The molecular weight excluding hydrogens is 230 g/mol. The van der Waals surface area contributed by atoms with E-state index in [0.29, 0.717) is 18.1 Å². The van der Waals surface area contributed by atoms with Gasteiger partial charge < -0.3 is 15.8 Å². The molecule has 5 nitrogen and oxygen atoms in total. The standard InChI is InChI=1S/C13H19N3O2/c1-2-15-6-7-18-13-10(12(14)17)8-9-4-3-5-11(9)16-13/h8,15H,2-7H2,1H3,(H2,14,17). The van der Waals surface area contributed by atoms with E-state index in [0.717, 1.165) is 43.6 Å². The van der Waals surface area contributed by atoms with E-state index < -0.39 is 5.91 Å². The predicted molar refractivity (Wildman–Crippen MR) is 68.8 cm³/mol. The number of nitrogens with one attached hydrogen (secondary N) is 1. The predicted octanol–water partition coefficient (Wildman–Crippen LogP) is 0.658. The summed E-state index contributed by atoms with van der Waals surface area (Å²) >= 11 is 0. The van der Waals surface area contributed by atoms with E-state index in [2.05, 4.69) is 10.3 Å². The molecule has 1 aromatic heterocycles. The van der Waals surface area contributed by atoms with Crippen LogP contribution in [0.4, 0.5) is 0 Å². The molecule has 0 bridgehead atoms. The van der Waals surface area contributed by atoms with Gasteiger partial charge in [-0.15, -0.1) is 0 Å². The van der Waals surface area contributed by atoms with E-state index >= 15 is 0 Å². The van der Waals surface area contributed by atoms with Gasteiger partial charge in [0.25, 0.3) is 5.91 Å². The van der Waals surface area contributed by atoms with Gasteiger partial charge in [-0.2, -0.15) is 0 Å². The average Bonchev–Trinajstić information content (AvgIpc) is 2.80. The van der Waals surface area contributed by atoms with Crippen molar-refractivity contribution >= 4 is 5.91 Å². The molecule has 1 aliphatic carbocycles. The Morgan fingerprint density at radius 1 is 1.56 bits per heavy atom. The Labute approximate surface area is 107 Å². The molecular formula is C13H19N3O2. The van der Waals surface area contributed by atoms with Crippen molar-refractivity contribution in [2.24, 2.45) is 5.73 Å². The third-order valence-electron chi connectivity index (χ3n) is 3.05. The zero-order valence-corrected chi connectivity index (χ0v) is 10.7. The van der Waals surface area contributed by atoms with E-state index in [1.165, 1.54) is 0 Å². The number of rotatable bonds is 6. The number of hydrogen-bond donors (Lipinski definition) is 2. The summed E-state index contributed by atoms with van der Waals surface area (Å²) in [6.07, 6.45) is 3.01. The summed E-state index contributed by atoms with van der Waals surface area (Å²) in [6.45, 7) is 4.14. The molecule has 98 valence electrons. The molecule has 0 aromatic carbocycles. The molecule has 0 saturated heterocycles. The molecule has 0 spiro atoms. The maximum Gasteiger partial charge on any atom is 0.254 e. The number of hydrogen-bond acceptors (Lipinski definition) is 4. The zero-order chi connectivity index (χ0) is 13.0. The Hall–Kier alpha value is -1.62. The molecule has 0 atom stereocenters. The van der Waals surface area contributed by atoms with Gasteiger partial charge in [0.1, 0.15) is 12.2 Å². The third kappa shape index (κ3) is 2.79. The minimum absolute atomic E-state index is 0.376. The van der Waals surface area contributed by atoms with Crippen molar-refractivity contribution in [3.63, 3.8) is 0 Å². The second-order valence-corrected chi connectivity index (χ2v) is 4.37. The lowest BCUT2D eigenvalue weighted by atomic mass is 10.1. The summed E-state index contributed by atoms with van der Waals surface area (Å²) in [5.41, 5.74) is 7.93. The van der Waals surface area contributed by atoms with Crippen LogP contribution in [0.3, 0.4) is 0 Å². The maximum atomic E-state index is 11.4. The maximum absolute atomic E-state index is 11.4. The first kappa shape index (κ1) is 12.8. The number of fused-ring (bicyclic) bond motifs is 1. The van der Waals surface area contributed by atoms with Crippen molar-refractivity contribution in [1.82, 2.24) is 10.3 Å². The Balaban J connectivity index is 2.14. The molecule has 1 aromatic rings. The van der Waals surface area contributed by atoms with Gasteiger partial charge in [0.05, 0.1) is 0 Å². The number of pyridine rings is 1. The monoisotopic (exact) mass is 249 g/mol. The lowest BCUT2D eigenvalue weighted by Gasteiger charge is -2.11. The molecule has 2 rings (SSSR count). The van der Waals surface area contributed by atoms with Gasteiger partial charge in [0, 0.05) is 12.2 Å². The summed E-state index contributed by atoms with van der Waals surface area (Å²) in [5.74, 6) is -0.100. The van der Waals surface area contributed by atoms with Gasteiger partial charge in [-0.3, -0.25) is 4.79 Å². The van der Waals surface area contributed by atoms with Crippen molar-refractivity contribution in [3.05, 3.63) is 22.9 Å². The fourth-order valence-electron chi connectivity index (χ4n) is 2.14. The van der Waals surface area contributed by atoms with E-state index in [4.69, 9.17) is 10.5 Å². The lowest BCUT2D eigenvalue weighted by molar-refractivity contribution is 0.0995. The Morgan fingerprint density at radius 2 is 2.39 bits per heavy atom. The van der Waals surface area contributed by atoms with E-state index in [-0.39, 0.29) is 0 Å². The fourth-order valence-corrected chi connectivity index (χ4v) is 2.14. The molecule has 3 N–H and O–H groups in total. The third-order valence-corrected chi connectivity index (χ3v) is 3.05. The summed E-state index contributed by atoms with van der Waals surface area (Å²) in [4.78, 5) is 15.8. The van der Waals surface area contributed by atoms with Crippen LogP contribution in [0.5, 0.6) is 5.88 Å². The minimum atomic E-state index is -0.476. The Kier molecular flexibility index (Phi) is 4.15. The average molecular weight is 249 g/mol. The highest BCUT2D eigenvalue weighted by Gasteiger charge is 2.19. The number of nitrogens with zero attached hydrogens (tertiary/aromatic N) is 1. The summed E-state index contributed by atoms with van der Waals surface area (Å²) in [6, 6.07) is 1.83. The largest absolute Gasteiger partial charge is 0.476 e. The number of aryl methyl sites for hydroxylation is 2. The first-order chi connectivity index (χ1) is 8.72. The van der Waals surface area contributed by atoms with Crippen LogP contribution in [0.1, 0.15) is 35.0 Å². The Morgan fingerprint density at radius 3 is 3.11 bits per heavy atom. The molecule has 0 radical (unpaired) electrons. The van der Waals surface area contributed by atoms with Gasteiger partial charge in [-0.25, -0.2) is 4.98 Å². The van der Waals surface area contributed by atoms with Crippen molar-refractivity contribution in [2.45, 2.75) is 26.2 Å². The summed E-state index contributed by atoms with van der Waals surface area (Å²) in [5, 5.41) is 3.15. The number of likely N-dealkylation sites (N-methyl/N-ethyl adjacent to an activating group) is 1. The van der Waals surface area contributed by atoms with Crippen molar-refractivity contribution in [2.75, 3.05) is 19.7 Å². The summed E-state index contributed by atoms with van der Waals surface area (Å²) in [7, 11) is 0. The SMILES string of the molecule is CCNCCOc1nc2c(cc1C(N)=O)CCC2. The van der Waals surface area contributed by atoms with Gasteiger partial charge in [0.2, 0.25) is 5.88 Å². The molecule has 5 heteroatoms. The highest BCUT2D eigenvalue weighted by molar-refractivity contribution is 5.95. The molecule has 0 fully saturated rings. The highest BCUT2D eigenvalue weighted by Crippen LogP contribution is 2.26. The molecule has 1 heterocycles. The van der Waals surface area contributed by atoms with Crippen molar-refractivity contribution in [3.8, 4) is 5.88 Å². The smallest absolute Gasteiger partial charge is 0.254 e. The molecule has 18 heavy (non-hydrogen) atoms. The van der Waals surface area contributed by atoms with Gasteiger partial charge in [0.15, 0.2) is 0 Å². The van der Waals surface area contributed by atoms with Gasteiger partial charge in [-0.1, -0.05) is 6.92 Å². The molecule has 0 saturated carbocycles. The topological polar surface area (TPSA) is 77.2 Å². The van der Waals surface area contributed by atoms with Crippen LogP contribution in [0, 0.1) is 0 Å². The fraction of sp³-hybridized carbons (Fsp3) is 0.538. The second-order valence-electron chi connectivity index (χ2n) is 4.37. The molecule has 0 unspecified atom stereocenters. The number of carbonyl (C=O) groups is 1. The number of ether oxygens (including phenoxy) is 1. The second kappa shape index (κ2) is 5.82. The lowest BCUT2D eigenvalue weighted by Crippen LogP contribution is -2.22. The zero-order valence-electron chi connectivity index (χ0n) is 10.7. The first-order valence-electron chi connectivity index (χ1n) is 6.38. The number of amides is 1. The van der Waals surface area contributed by atoms with E-state index in [1.54, 1.807) is 0 Å². The quantitative estimate of drug-likeness (QED) is 0.726. The van der Waals surface area contributed by atoms with Crippen molar-refractivity contribution in [1.29, 1.82) is 0 Å². The molecule has 0 aliphatic heterocycles. The van der Waals surface area contributed by atoms with E-state index in [9.17, 15) is 4.79 Å².